The Morgan fingerprint density at radius 3 is 2.83 bits per heavy atom. The molecule has 29 heavy (non-hydrogen) atoms. The van der Waals surface area contributed by atoms with Crippen LogP contribution in [0.3, 0.4) is 0 Å². The third-order valence-corrected chi connectivity index (χ3v) is 4.57. The number of rotatable bonds is 6. The molecule has 7 heteroatoms. The number of guanidine groups is 1. The van der Waals surface area contributed by atoms with Crippen molar-refractivity contribution in [1.82, 2.24) is 30.8 Å². The molecule has 146 valence electrons. The molecule has 4 rings (SSSR count). The van der Waals surface area contributed by atoms with Crippen molar-refractivity contribution >= 4 is 16.9 Å². The number of nitrogens with one attached hydrogen (secondary N) is 3. The van der Waals surface area contributed by atoms with Gasteiger partial charge in [-0.2, -0.15) is 5.10 Å². The van der Waals surface area contributed by atoms with Crippen molar-refractivity contribution in [3.8, 4) is 11.4 Å². The molecule has 0 aliphatic carbocycles. The van der Waals surface area contributed by atoms with Crippen LogP contribution in [-0.4, -0.2) is 32.7 Å². The number of aromatic nitrogens is 4. The van der Waals surface area contributed by atoms with Gasteiger partial charge in [0.2, 0.25) is 0 Å². The minimum absolute atomic E-state index is 0.564. The van der Waals surface area contributed by atoms with E-state index in [0.717, 1.165) is 40.4 Å². The molecule has 0 spiro atoms. The number of hydrogen-bond acceptors (Lipinski definition) is 4. The van der Waals surface area contributed by atoms with Gasteiger partial charge in [0.15, 0.2) is 11.8 Å². The molecule has 2 heterocycles. The van der Waals surface area contributed by atoms with Crippen LogP contribution in [0.4, 0.5) is 0 Å². The summed E-state index contributed by atoms with van der Waals surface area (Å²) in [7, 11) is 0. The minimum Gasteiger partial charge on any atom is -0.357 e. The van der Waals surface area contributed by atoms with Crippen molar-refractivity contribution < 1.29 is 0 Å². The molecule has 4 aromatic rings. The van der Waals surface area contributed by atoms with Gasteiger partial charge in [-0.15, -0.1) is 0 Å². The fourth-order valence-corrected chi connectivity index (χ4v) is 3.16. The lowest BCUT2D eigenvalue weighted by molar-refractivity contribution is 0.819. The first-order valence-electron chi connectivity index (χ1n) is 9.63. The summed E-state index contributed by atoms with van der Waals surface area (Å²) in [5.41, 5.74) is 4.29. The van der Waals surface area contributed by atoms with Gasteiger partial charge in [0.1, 0.15) is 6.33 Å². The molecule has 0 amide bonds. The van der Waals surface area contributed by atoms with Gasteiger partial charge in [-0.3, -0.25) is 10.1 Å². The molecule has 0 saturated heterocycles. The smallest absolute Gasteiger partial charge is 0.191 e. The zero-order valence-corrected chi connectivity index (χ0v) is 16.3. The standard InChI is InChI=1S/C22H23N7/c1-2-23-22(26-14-18-10-11-24-20-9-4-3-8-19(18)20)25-13-16-6-5-7-17(12-16)21-27-15-28-29-21/h3-12,15H,2,13-14H2,1H3,(H2,23,25,26)(H,27,28,29). The Labute approximate surface area is 169 Å². The van der Waals surface area contributed by atoms with Crippen LogP contribution >= 0.6 is 0 Å². The highest BCUT2D eigenvalue weighted by Crippen LogP contribution is 2.17. The van der Waals surface area contributed by atoms with Gasteiger partial charge in [-0.05, 0) is 36.2 Å². The van der Waals surface area contributed by atoms with Gasteiger partial charge in [0.05, 0.1) is 12.1 Å². The van der Waals surface area contributed by atoms with Crippen molar-refractivity contribution in [3.05, 3.63) is 78.2 Å². The van der Waals surface area contributed by atoms with Crippen LogP contribution < -0.4 is 10.6 Å². The molecule has 0 atom stereocenters. The Bertz CT molecular complexity index is 1100. The summed E-state index contributed by atoms with van der Waals surface area (Å²) in [4.78, 5) is 13.4. The number of hydrogen-bond donors (Lipinski definition) is 3. The summed E-state index contributed by atoms with van der Waals surface area (Å²) in [6, 6.07) is 18.3. The van der Waals surface area contributed by atoms with Crippen LogP contribution in [0, 0.1) is 0 Å². The summed E-state index contributed by atoms with van der Waals surface area (Å²) >= 11 is 0. The van der Waals surface area contributed by atoms with E-state index >= 15 is 0 Å². The van der Waals surface area contributed by atoms with Crippen LogP contribution in [0.2, 0.25) is 0 Å². The Kier molecular flexibility index (Phi) is 5.76. The second-order valence-electron chi connectivity index (χ2n) is 6.57. The summed E-state index contributed by atoms with van der Waals surface area (Å²) in [6.07, 6.45) is 3.36. The van der Waals surface area contributed by atoms with Gasteiger partial charge in [-0.25, -0.2) is 9.98 Å². The van der Waals surface area contributed by atoms with Crippen LogP contribution in [0.25, 0.3) is 22.3 Å². The van der Waals surface area contributed by atoms with Crippen molar-refractivity contribution in [2.75, 3.05) is 6.54 Å². The number of pyridine rings is 1. The van der Waals surface area contributed by atoms with Crippen LogP contribution in [0.5, 0.6) is 0 Å². The predicted octanol–water partition coefficient (Wildman–Crippen LogP) is 3.28. The lowest BCUT2D eigenvalue weighted by Gasteiger charge is -2.13. The second kappa shape index (κ2) is 8.97. The molecule has 0 saturated carbocycles. The van der Waals surface area contributed by atoms with Crippen molar-refractivity contribution in [2.45, 2.75) is 20.0 Å². The summed E-state index contributed by atoms with van der Waals surface area (Å²) < 4.78 is 0. The van der Waals surface area contributed by atoms with Gasteiger partial charge in [0, 0.05) is 30.2 Å². The Balaban J connectivity index is 1.47. The average Bonchev–Trinajstić information content (AvgIpc) is 3.31. The first-order chi connectivity index (χ1) is 14.3. The molecule has 2 aromatic heterocycles. The van der Waals surface area contributed by atoms with E-state index in [9.17, 15) is 0 Å². The fraction of sp³-hybridized carbons (Fsp3) is 0.182. The second-order valence-corrected chi connectivity index (χ2v) is 6.57. The van der Waals surface area contributed by atoms with E-state index in [1.807, 2.05) is 42.6 Å². The van der Waals surface area contributed by atoms with Crippen LogP contribution in [0.1, 0.15) is 18.1 Å². The molecule has 7 nitrogen and oxygen atoms in total. The molecule has 0 aliphatic heterocycles. The van der Waals surface area contributed by atoms with Crippen molar-refractivity contribution in [3.63, 3.8) is 0 Å². The van der Waals surface area contributed by atoms with Gasteiger partial charge < -0.3 is 10.6 Å². The quantitative estimate of drug-likeness (QED) is 0.350. The summed E-state index contributed by atoms with van der Waals surface area (Å²) in [5, 5.41) is 14.7. The third kappa shape index (κ3) is 4.57. The van der Waals surface area contributed by atoms with Crippen molar-refractivity contribution in [2.24, 2.45) is 4.99 Å². The molecule has 0 radical (unpaired) electrons. The van der Waals surface area contributed by atoms with E-state index in [4.69, 9.17) is 4.99 Å². The molecule has 0 unspecified atom stereocenters. The highest BCUT2D eigenvalue weighted by molar-refractivity contribution is 5.83. The Morgan fingerprint density at radius 1 is 1.03 bits per heavy atom. The van der Waals surface area contributed by atoms with E-state index in [2.05, 4.69) is 55.9 Å². The number of aromatic amines is 1. The number of nitrogens with zero attached hydrogens (tertiary/aromatic N) is 4. The molecule has 0 bridgehead atoms. The third-order valence-electron chi connectivity index (χ3n) is 4.57. The predicted molar refractivity (Wildman–Crippen MR) is 115 cm³/mol. The lowest BCUT2D eigenvalue weighted by atomic mass is 10.1. The molecule has 3 N–H and O–H groups in total. The Hall–Kier alpha value is -3.74. The maximum Gasteiger partial charge on any atom is 0.191 e. The number of benzene rings is 2. The maximum absolute atomic E-state index is 4.73. The Morgan fingerprint density at radius 2 is 1.97 bits per heavy atom. The fourth-order valence-electron chi connectivity index (χ4n) is 3.16. The van der Waals surface area contributed by atoms with Crippen molar-refractivity contribution in [1.29, 1.82) is 0 Å². The maximum atomic E-state index is 4.73. The summed E-state index contributed by atoms with van der Waals surface area (Å²) in [5.74, 6) is 1.53. The first-order valence-corrected chi connectivity index (χ1v) is 9.63. The van der Waals surface area contributed by atoms with Gasteiger partial charge >= 0.3 is 0 Å². The monoisotopic (exact) mass is 385 g/mol. The summed E-state index contributed by atoms with van der Waals surface area (Å²) in [6.45, 7) is 4.09. The van der Waals surface area contributed by atoms with E-state index in [1.165, 1.54) is 11.9 Å². The molecular weight excluding hydrogens is 362 g/mol. The first kappa shape index (κ1) is 18.6. The highest BCUT2D eigenvalue weighted by atomic mass is 15.2. The molecule has 0 fully saturated rings. The zero-order valence-electron chi connectivity index (χ0n) is 16.3. The molecule has 0 aliphatic rings. The lowest BCUT2D eigenvalue weighted by Crippen LogP contribution is -2.36. The van der Waals surface area contributed by atoms with Crippen LogP contribution in [-0.2, 0) is 13.1 Å². The average molecular weight is 385 g/mol. The van der Waals surface area contributed by atoms with E-state index < -0.39 is 0 Å². The SMILES string of the molecule is CCNC(=NCc1cccc(-c2ncn[nH]2)c1)NCc1ccnc2ccccc12. The van der Waals surface area contributed by atoms with E-state index in [-0.39, 0.29) is 0 Å². The normalized spacial score (nSPS) is 11.6. The number of H-pyrrole nitrogens is 1. The van der Waals surface area contributed by atoms with E-state index in [0.29, 0.717) is 13.1 Å². The number of fused-ring (bicyclic) bond motifs is 1. The zero-order chi connectivity index (χ0) is 19.9. The largest absolute Gasteiger partial charge is 0.357 e. The minimum atomic E-state index is 0.564. The highest BCUT2D eigenvalue weighted by Gasteiger charge is 2.05. The topological polar surface area (TPSA) is 90.9 Å². The van der Waals surface area contributed by atoms with Gasteiger partial charge in [0.25, 0.3) is 0 Å². The number of para-hydroxylation sites is 1. The molecular formula is C22H23N7. The van der Waals surface area contributed by atoms with E-state index in [1.54, 1.807) is 0 Å². The van der Waals surface area contributed by atoms with Gasteiger partial charge in [-0.1, -0.05) is 36.4 Å². The number of aliphatic imine (C=N–C) groups is 1. The molecule has 2 aromatic carbocycles. The van der Waals surface area contributed by atoms with Crippen LogP contribution in [0.15, 0.2) is 72.1 Å².